The third-order valence-corrected chi connectivity index (χ3v) is 5.46. The van der Waals surface area contributed by atoms with Crippen LogP contribution < -0.4 is 4.90 Å². The number of thiophene rings is 1. The van der Waals surface area contributed by atoms with Gasteiger partial charge in [0, 0.05) is 46.0 Å². The average Bonchev–Trinajstić information content (AvgIpc) is 3.26. The number of rotatable bonds is 5. The quantitative estimate of drug-likeness (QED) is 0.717. The van der Waals surface area contributed by atoms with Crippen molar-refractivity contribution in [1.82, 2.24) is 9.80 Å². The van der Waals surface area contributed by atoms with Crippen molar-refractivity contribution in [2.45, 2.75) is 0 Å². The zero-order chi connectivity index (χ0) is 20.1. The van der Waals surface area contributed by atoms with Crippen molar-refractivity contribution in [2.24, 2.45) is 0 Å². The molecule has 28 heavy (non-hydrogen) atoms. The lowest BCUT2D eigenvalue weighted by atomic mass is 10.2. The first-order valence-electron chi connectivity index (χ1n) is 9.01. The minimum Gasteiger partial charge on any atom is -0.452 e. The molecule has 1 aliphatic rings. The van der Waals surface area contributed by atoms with Crippen LogP contribution in [0.15, 0.2) is 41.8 Å². The predicted octanol–water partition coefficient (Wildman–Crippen LogP) is 1.96. The summed E-state index contributed by atoms with van der Waals surface area (Å²) in [6.07, 6.45) is 0. The molecule has 0 spiro atoms. The van der Waals surface area contributed by atoms with E-state index in [1.165, 1.54) is 11.3 Å². The van der Waals surface area contributed by atoms with E-state index in [9.17, 15) is 14.4 Å². The second kappa shape index (κ2) is 8.88. The van der Waals surface area contributed by atoms with Gasteiger partial charge in [0.2, 0.25) is 0 Å². The van der Waals surface area contributed by atoms with Gasteiger partial charge in [-0.2, -0.15) is 0 Å². The molecule has 0 unspecified atom stereocenters. The molecule has 7 nitrogen and oxygen atoms in total. The molecular formula is C20H23N3O4S. The molecule has 2 amide bonds. The fourth-order valence-corrected chi connectivity index (χ4v) is 3.60. The van der Waals surface area contributed by atoms with E-state index >= 15 is 0 Å². The lowest BCUT2D eigenvalue weighted by Gasteiger charge is -2.34. The molecule has 0 aliphatic carbocycles. The Balaban J connectivity index is 1.45. The maximum Gasteiger partial charge on any atom is 0.338 e. The molecule has 148 valence electrons. The number of anilines is 1. The third-order valence-electron chi connectivity index (χ3n) is 4.60. The molecule has 2 aromatic rings. The minimum atomic E-state index is -0.523. The topological polar surface area (TPSA) is 70.2 Å². The minimum absolute atomic E-state index is 0.00491. The van der Waals surface area contributed by atoms with Gasteiger partial charge in [-0.15, -0.1) is 11.3 Å². The van der Waals surface area contributed by atoms with Crippen molar-refractivity contribution in [1.29, 1.82) is 0 Å². The summed E-state index contributed by atoms with van der Waals surface area (Å²) in [5.41, 5.74) is 1.38. The molecule has 0 atom stereocenters. The van der Waals surface area contributed by atoms with Gasteiger partial charge in [0.1, 0.15) is 0 Å². The maximum atomic E-state index is 12.3. The van der Waals surface area contributed by atoms with Crippen LogP contribution in [0.4, 0.5) is 5.69 Å². The third kappa shape index (κ3) is 4.69. The number of carbonyl (C=O) groups excluding carboxylic acids is 3. The van der Waals surface area contributed by atoms with Gasteiger partial charge in [0.25, 0.3) is 11.8 Å². The molecule has 3 rings (SSSR count). The Morgan fingerprint density at radius 2 is 1.64 bits per heavy atom. The first-order chi connectivity index (χ1) is 13.5. The normalized spacial score (nSPS) is 13.9. The smallest absolute Gasteiger partial charge is 0.338 e. The number of piperazine rings is 1. The van der Waals surface area contributed by atoms with Gasteiger partial charge in [-0.25, -0.2) is 4.79 Å². The summed E-state index contributed by atoms with van der Waals surface area (Å²) in [6, 6.07) is 10.6. The monoisotopic (exact) mass is 401 g/mol. The first kappa shape index (κ1) is 19.9. The van der Waals surface area contributed by atoms with Crippen LogP contribution >= 0.6 is 11.3 Å². The average molecular weight is 401 g/mol. The summed E-state index contributed by atoms with van der Waals surface area (Å²) >= 11 is 1.41. The SMILES string of the molecule is CN(C)c1ccc(C(=O)OCC(=O)N2CCN(C(=O)c3cccs3)CC2)cc1. The lowest BCUT2D eigenvalue weighted by Crippen LogP contribution is -2.51. The number of carbonyl (C=O) groups is 3. The van der Waals surface area contributed by atoms with E-state index in [1.54, 1.807) is 28.0 Å². The standard InChI is InChI=1S/C20H23N3O4S/c1-21(2)16-7-5-15(6-8-16)20(26)27-14-18(24)22-9-11-23(12-10-22)19(25)17-4-3-13-28-17/h3-8,13H,9-12,14H2,1-2H3. The molecule has 1 aromatic carbocycles. The van der Waals surface area contributed by atoms with Gasteiger partial charge >= 0.3 is 5.97 Å². The van der Waals surface area contributed by atoms with Crippen LogP contribution in [0.1, 0.15) is 20.0 Å². The van der Waals surface area contributed by atoms with E-state index in [-0.39, 0.29) is 18.4 Å². The summed E-state index contributed by atoms with van der Waals surface area (Å²) in [4.78, 5) is 42.8. The predicted molar refractivity (Wildman–Crippen MR) is 108 cm³/mol. The number of hydrogen-bond acceptors (Lipinski definition) is 6. The zero-order valence-corrected chi connectivity index (χ0v) is 16.8. The Bertz CT molecular complexity index is 826. The molecule has 1 saturated heterocycles. The number of hydrogen-bond donors (Lipinski definition) is 0. The van der Waals surface area contributed by atoms with E-state index in [0.717, 1.165) is 5.69 Å². The second-order valence-corrected chi connectivity index (χ2v) is 7.62. The van der Waals surface area contributed by atoms with E-state index in [4.69, 9.17) is 4.74 Å². The van der Waals surface area contributed by atoms with Crippen LogP contribution in [0.2, 0.25) is 0 Å². The summed E-state index contributed by atoms with van der Waals surface area (Å²) in [7, 11) is 3.83. The highest BCUT2D eigenvalue weighted by molar-refractivity contribution is 7.12. The first-order valence-corrected chi connectivity index (χ1v) is 9.89. The van der Waals surface area contributed by atoms with Crippen LogP contribution in [0.5, 0.6) is 0 Å². The number of esters is 1. The molecular weight excluding hydrogens is 378 g/mol. The van der Waals surface area contributed by atoms with Gasteiger partial charge in [-0.1, -0.05) is 6.07 Å². The largest absolute Gasteiger partial charge is 0.452 e. The Kier molecular flexibility index (Phi) is 6.30. The number of nitrogens with zero attached hydrogens (tertiary/aromatic N) is 3. The molecule has 0 saturated carbocycles. The van der Waals surface area contributed by atoms with E-state index in [1.807, 2.05) is 42.6 Å². The van der Waals surface area contributed by atoms with Crippen LogP contribution in [0.25, 0.3) is 0 Å². The van der Waals surface area contributed by atoms with Gasteiger partial charge in [-0.05, 0) is 35.7 Å². The fourth-order valence-electron chi connectivity index (χ4n) is 2.91. The summed E-state index contributed by atoms with van der Waals surface area (Å²) in [5.74, 6) is -0.777. The van der Waals surface area contributed by atoms with Gasteiger partial charge in [0.15, 0.2) is 6.61 Å². The molecule has 1 aliphatic heterocycles. The number of ether oxygens (including phenoxy) is 1. The van der Waals surface area contributed by atoms with Crippen molar-refractivity contribution in [3.8, 4) is 0 Å². The number of amides is 2. The van der Waals surface area contributed by atoms with E-state index in [2.05, 4.69) is 0 Å². The summed E-state index contributed by atoms with van der Waals surface area (Å²) in [5, 5.41) is 1.87. The summed E-state index contributed by atoms with van der Waals surface area (Å²) in [6.45, 7) is 1.52. The molecule has 8 heteroatoms. The molecule has 0 radical (unpaired) electrons. The highest BCUT2D eigenvalue weighted by Gasteiger charge is 2.25. The Morgan fingerprint density at radius 3 is 2.21 bits per heavy atom. The highest BCUT2D eigenvalue weighted by Crippen LogP contribution is 2.15. The number of benzene rings is 1. The summed E-state index contributed by atoms with van der Waals surface area (Å²) < 4.78 is 5.15. The fraction of sp³-hybridized carbons (Fsp3) is 0.350. The van der Waals surface area contributed by atoms with Crippen LogP contribution in [0.3, 0.4) is 0 Å². The molecule has 2 heterocycles. The van der Waals surface area contributed by atoms with Gasteiger partial charge in [-0.3, -0.25) is 9.59 Å². The van der Waals surface area contributed by atoms with Crippen LogP contribution in [-0.4, -0.2) is 74.5 Å². The second-order valence-electron chi connectivity index (χ2n) is 6.67. The van der Waals surface area contributed by atoms with E-state index in [0.29, 0.717) is 36.6 Å². The molecule has 0 bridgehead atoms. The van der Waals surface area contributed by atoms with Crippen molar-refractivity contribution < 1.29 is 19.1 Å². The van der Waals surface area contributed by atoms with Crippen molar-refractivity contribution in [3.05, 3.63) is 52.2 Å². The highest BCUT2D eigenvalue weighted by atomic mass is 32.1. The maximum absolute atomic E-state index is 12.3. The van der Waals surface area contributed by atoms with Crippen LogP contribution in [-0.2, 0) is 9.53 Å². The lowest BCUT2D eigenvalue weighted by molar-refractivity contribution is -0.136. The van der Waals surface area contributed by atoms with Gasteiger partial charge < -0.3 is 19.4 Å². The van der Waals surface area contributed by atoms with Crippen molar-refractivity contribution in [3.63, 3.8) is 0 Å². The Hall–Kier alpha value is -2.87. The zero-order valence-electron chi connectivity index (χ0n) is 16.0. The van der Waals surface area contributed by atoms with E-state index < -0.39 is 5.97 Å². The Labute approximate surface area is 168 Å². The van der Waals surface area contributed by atoms with Crippen LogP contribution in [0, 0.1) is 0 Å². The van der Waals surface area contributed by atoms with Crippen molar-refractivity contribution >= 4 is 34.8 Å². The molecule has 0 N–H and O–H groups in total. The van der Waals surface area contributed by atoms with Gasteiger partial charge in [0.05, 0.1) is 10.4 Å². The Morgan fingerprint density at radius 1 is 1.00 bits per heavy atom. The molecule has 1 aromatic heterocycles. The van der Waals surface area contributed by atoms with Crippen molar-refractivity contribution in [2.75, 3.05) is 51.8 Å². The molecule has 1 fully saturated rings.